The van der Waals surface area contributed by atoms with Gasteiger partial charge in [-0.15, -0.1) is 0 Å². The number of fused-ring (bicyclic) bond motifs is 1. The molecule has 2 aromatic carbocycles. The Bertz CT molecular complexity index is 1040. The minimum absolute atomic E-state index is 0.107. The smallest absolute Gasteiger partial charge is 0.266 e. The number of carbonyl (C=O) groups excluding carboxylic acids is 1. The predicted molar refractivity (Wildman–Crippen MR) is 129 cm³/mol. The van der Waals surface area contributed by atoms with E-state index in [1.165, 1.54) is 16.8 Å². The van der Waals surface area contributed by atoms with E-state index in [9.17, 15) is 10.1 Å². The molecular weight excluding hydrogens is 382 g/mol. The quantitative estimate of drug-likeness (QED) is 0.466. The molecule has 2 aromatic rings. The van der Waals surface area contributed by atoms with Gasteiger partial charge in [0.15, 0.2) is 0 Å². The SMILES string of the molecule is CCc1ccc(NC(=O)/C(C#N)=C/c2cc3c(cc2C)N(CC)C(C)(C)CC3C)cc1. The third-order valence-corrected chi connectivity index (χ3v) is 6.37. The number of carbonyl (C=O) groups is 1. The molecule has 0 saturated heterocycles. The van der Waals surface area contributed by atoms with E-state index in [-0.39, 0.29) is 17.0 Å². The van der Waals surface area contributed by atoms with Gasteiger partial charge in [0.05, 0.1) is 0 Å². The van der Waals surface area contributed by atoms with Crippen LogP contribution >= 0.6 is 0 Å². The number of nitrogens with zero attached hydrogens (tertiary/aromatic N) is 2. The fraction of sp³-hybridized carbons (Fsp3) is 0.407. The van der Waals surface area contributed by atoms with Gasteiger partial charge in [0.1, 0.15) is 11.6 Å². The van der Waals surface area contributed by atoms with Gasteiger partial charge in [0.25, 0.3) is 5.91 Å². The number of amides is 1. The second-order valence-corrected chi connectivity index (χ2v) is 9.10. The van der Waals surface area contributed by atoms with Gasteiger partial charge >= 0.3 is 0 Å². The van der Waals surface area contributed by atoms with E-state index < -0.39 is 0 Å². The number of aryl methyl sites for hydroxylation is 2. The topological polar surface area (TPSA) is 56.1 Å². The van der Waals surface area contributed by atoms with E-state index in [2.05, 4.69) is 63.0 Å². The lowest BCUT2D eigenvalue weighted by molar-refractivity contribution is -0.112. The average molecular weight is 416 g/mol. The maximum Gasteiger partial charge on any atom is 0.266 e. The number of nitriles is 1. The molecule has 1 heterocycles. The van der Waals surface area contributed by atoms with Crippen LogP contribution in [0, 0.1) is 18.3 Å². The zero-order valence-corrected chi connectivity index (χ0v) is 19.5. The first-order chi connectivity index (χ1) is 14.7. The van der Waals surface area contributed by atoms with E-state index in [4.69, 9.17) is 0 Å². The first kappa shape index (κ1) is 22.6. The largest absolute Gasteiger partial charge is 0.366 e. The molecule has 0 fully saturated rings. The first-order valence-electron chi connectivity index (χ1n) is 11.1. The van der Waals surface area contributed by atoms with Crippen LogP contribution in [-0.2, 0) is 11.2 Å². The van der Waals surface area contributed by atoms with Gasteiger partial charge in [-0.25, -0.2) is 0 Å². The summed E-state index contributed by atoms with van der Waals surface area (Å²) in [6, 6.07) is 14.2. The summed E-state index contributed by atoms with van der Waals surface area (Å²) >= 11 is 0. The first-order valence-corrected chi connectivity index (χ1v) is 11.1. The van der Waals surface area contributed by atoms with Crippen molar-refractivity contribution in [2.24, 2.45) is 0 Å². The van der Waals surface area contributed by atoms with E-state index in [1.54, 1.807) is 6.08 Å². The highest BCUT2D eigenvalue weighted by molar-refractivity contribution is 6.09. The van der Waals surface area contributed by atoms with Crippen molar-refractivity contribution < 1.29 is 4.79 Å². The van der Waals surface area contributed by atoms with Crippen molar-refractivity contribution in [3.63, 3.8) is 0 Å². The van der Waals surface area contributed by atoms with E-state index >= 15 is 0 Å². The normalized spacial score (nSPS) is 17.6. The molecular formula is C27H33N3O. The Hall–Kier alpha value is -3.06. The van der Waals surface area contributed by atoms with Gasteiger partial charge in [0.2, 0.25) is 0 Å². The summed E-state index contributed by atoms with van der Waals surface area (Å²) in [5.74, 6) is 0.0326. The summed E-state index contributed by atoms with van der Waals surface area (Å²) < 4.78 is 0. The molecule has 4 nitrogen and oxygen atoms in total. The standard InChI is InChI=1S/C27H33N3O/c1-7-20-9-11-23(12-10-20)29-26(31)22(17-28)14-21-15-24-19(4)16-27(5,6)30(8-2)25(24)13-18(21)3/h9-15,19H,7-8,16H2,1-6H3,(H,29,31)/b22-14+. The zero-order valence-electron chi connectivity index (χ0n) is 19.5. The third-order valence-electron chi connectivity index (χ3n) is 6.37. The molecule has 0 bridgehead atoms. The molecule has 0 aromatic heterocycles. The van der Waals surface area contributed by atoms with E-state index in [0.717, 1.165) is 30.5 Å². The monoisotopic (exact) mass is 415 g/mol. The lowest BCUT2D eigenvalue weighted by Crippen LogP contribution is -2.48. The zero-order chi connectivity index (χ0) is 22.8. The van der Waals surface area contributed by atoms with Crippen LogP contribution in [0.2, 0.25) is 0 Å². The van der Waals surface area contributed by atoms with Crippen LogP contribution in [0.1, 0.15) is 69.2 Å². The Morgan fingerprint density at radius 2 is 1.94 bits per heavy atom. The van der Waals surface area contributed by atoms with Crippen molar-refractivity contribution in [3.05, 3.63) is 64.2 Å². The molecule has 1 N–H and O–H groups in total. The Morgan fingerprint density at radius 1 is 1.26 bits per heavy atom. The molecule has 4 heteroatoms. The van der Waals surface area contributed by atoms with Crippen molar-refractivity contribution in [2.45, 2.75) is 65.8 Å². The Kier molecular flexibility index (Phi) is 6.55. The van der Waals surface area contributed by atoms with Crippen molar-refractivity contribution in [2.75, 3.05) is 16.8 Å². The van der Waals surface area contributed by atoms with E-state index in [1.807, 2.05) is 31.2 Å². The van der Waals surface area contributed by atoms with Crippen LogP contribution < -0.4 is 10.2 Å². The molecule has 31 heavy (non-hydrogen) atoms. The molecule has 1 atom stereocenters. The molecule has 1 amide bonds. The van der Waals surface area contributed by atoms with Gasteiger partial charge in [-0.2, -0.15) is 5.26 Å². The van der Waals surface area contributed by atoms with Crippen molar-refractivity contribution >= 4 is 23.4 Å². The fourth-order valence-corrected chi connectivity index (χ4v) is 4.73. The minimum Gasteiger partial charge on any atom is -0.366 e. The van der Waals surface area contributed by atoms with Gasteiger partial charge < -0.3 is 10.2 Å². The molecule has 1 aliphatic heterocycles. The summed E-state index contributed by atoms with van der Waals surface area (Å²) in [5, 5.41) is 12.5. The average Bonchev–Trinajstić information content (AvgIpc) is 2.72. The Balaban J connectivity index is 1.93. The number of anilines is 2. The summed E-state index contributed by atoms with van der Waals surface area (Å²) in [7, 11) is 0. The Morgan fingerprint density at radius 3 is 2.52 bits per heavy atom. The minimum atomic E-state index is -0.381. The van der Waals surface area contributed by atoms with Crippen LogP contribution in [-0.4, -0.2) is 18.0 Å². The molecule has 0 saturated carbocycles. The van der Waals surface area contributed by atoms with Crippen LogP contribution in [0.3, 0.4) is 0 Å². The molecule has 1 aliphatic rings. The molecule has 0 radical (unpaired) electrons. The van der Waals surface area contributed by atoms with Crippen molar-refractivity contribution in [1.29, 1.82) is 5.26 Å². The second kappa shape index (κ2) is 8.98. The lowest BCUT2D eigenvalue weighted by Gasteiger charge is -2.47. The van der Waals surface area contributed by atoms with Crippen LogP contribution in [0.25, 0.3) is 6.08 Å². The second-order valence-electron chi connectivity index (χ2n) is 9.10. The highest BCUT2D eigenvalue weighted by Crippen LogP contribution is 2.44. The van der Waals surface area contributed by atoms with Crippen molar-refractivity contribution in [3.8, 4) is 6.07 Å². The number of rotatable bonds is 5. The van der Waals surface area contributed by atoms with Crippen LogP contribution in [0.4, 0.5) is 11.4 Å². The summed E-state index contributed by atoms with van der Waals surface area (Å²) in [6.07, 6.45) is 3.73. The Labute approximate surface area is 186 Å². The van der Waals surface area contributed by atoms with E-state index in [0.29, 0.717) is 11.6 Å². The van der Waals surface area contributed by atoms with Crippen LogP contribution in [0.5, 0.6) is 0 Å². The van der Waals surface area contributed by atoms with Crippen LogP contribution in [0.15, 0.2) is 42.0 Å². The summed E-state index contributed by atoms with van der Waals surface area (Å²) in [6.45, 7) is 14.1. The lowest BCUT2D eigenvalue weighted by atomic mass is 9.79. The molecule has 0 spiro atoms. The van der Waals surface area contributed by atoms with Crippen molar-refractivity contribution in [1.82, 2.24) is 0 Å². The maximum absolute atomic E-state index is 12.7. The highest BCUT2D eigenvalue weighted by atomic mass is 16.1. The van der Waals surface area contributed by atoms with Gasteiger partial charge in [-0.1, -0.05) is 26.0 Å². The molecule has 162 valence electrons. The molecule has 0 aliphatic carbocycles. The molecule has 1 unspecified atom stereocenters. The number of hydrogen-bond acceptors (Lipinski definition) is 3. The third kappa shape index (κ3) is 4.66. The number of nitrogens with one attached hydrogen (secondary N) is 1. The summed E-state index contributed by atoms with van der Waals surface area (Å²) in [4.78, 5) is 15.2. The van der Waals surface area contributed by atoms with Gasteiger partial charge in [0, 0.05) is 23.5 Å². The summed E-state index contributed by atoms with van der Waals surface area (Å²) in [5.41, 5.74) is 6.65. The van der Waals surface area contributed by atoms with Gasteiger partial charge in [-0.3, -0.25) is 4.79 Å². The predicted octanol–water partition coefficient (Wildman–Crippen LogP) is 6.22. The fourth-order valence-electron chi connectivity index (χ4n) is 4.73. The molecule has 3 rings (SSSR count). The number of benzene rings is 2. The van der Waals surface area contributed by atoms with Gasteiger partial charge in [-0.05, 0) is 99.0 Å². The number of hydrogen-bond donors (Lipinski definition) is 1. The highest BCUT2D eigenvalue weighted by Gasteiger charge is 2.35. The maximum atomic E-state index is 12.7.